The van der Waals surface area contributed by atoms with Gasteiger partial charge in [0.1, 0.15) is 0 Å². The molecule has 19 heavy (non-hydrogen) atoms. The Labute approximate surface area is 111 Å². The molecule has 1 atom stereocenters. The van der Waals surface area contributed by atoms with E-state index in [4.69, 9.17) is 0 Å². The van der Waals surface area contributed by atoms with E-state index in [9.17, 15) is 8.78 Å². The van der Waals surface area contributed by atoms with E-state index in [0.717, 1.165) is 17.3 Å². The van der Waals surface area contributed by atoms with Gasteiger partial charge in [0.15, 0.2) is 11.6 Å². The Balaban J connectivity index is 2.07. The number of nitrogens with one attached hydrogen (secondary N) is 1. The summed E-state index contributed by atoms with van der Waals surface area (Å²) in [5, 5.41) is 7.41. The molecular formula is C14H17F2N3. The molecule has 1 unspecified atom stereocenters. The van der Waals surface area contributed by atoms with Gasteiger partial charge in [-0.3, -0.25) is 4.68 Å². The maximum absolute atomic E-state index is 13.6. The molecule has 5 heteroatoms. The van der Waals surface area contributed by atoms with Gasteiger partial charge in [0.05, 0.1) is 5.69 Å². The third kappa shape index (κ3) is 2.98. The second-order valence-corrected chi connectivity index (χ2v) is 4.66. The molecule has 1 aromatic heterocycles. The van der Waals surface area contributed by atoms with E-state index >= 15 is 0 Å². The molecule has 0 bridgehead atoms. The predicted molar refractivity (Wildman–Crippen MR) is 69.6 cm³/mol. The summed E-state index contributed by atoms with van der Waals surface area (Å²) in [6.45, 7) is 4.30. The normalized spacial score (nSPS) is 12.7. The number of rotatable bonds is 4. The standard InChI is InChI=1S/C14H17F2N3/c1-9-11(8-19(3)18-9)7-17-10(2)12-5-4-6-13(15)14(12)16/h4-6,8,10,17H,7H2,1-3H3. The van der Waals surface area contributed by atoms with Crippen LogP contribution in [0.4, 0.5) is 8.78 Å². The van der Waals surface area contributed by atoms with Gasteiger partial charge >= 0.3 is 0 Å². The summed E-state index contributed by atoms with van der Waals surface area (Å²) in [6.07, 6.45) is 1.91. The van der Waals surface area contributed by atoms with E-state index in [1.807, 2.05) is 27.1 Å². The number of aromatic nitrogens is 2. The molecule has 1 N–H and O–H groups in total. The predicted octanol–water partition coefficient (Wildman–Crippen LogP) is 2.86. The number of benzene rings is 1. The van der Waals surface area contributed by atoms with E-state index in [2.05, 4.69) is 10.4 Å². The van der Waals surface area contributed by atoms with Gasteiger partial charge in [-0.15, -0.1) is 0 Å². The van der Waals surface area contributed by atoms with Crippen molar-refractivity contribution < 1.29 is 8.78 Å². The lowest BCUT2D eigenvalue weighted by Gasteiger charge is -2.15. The molecule has 102 valence electrons. The first-order chi connectivity index (χ1) is 8.99. The van der Waals surface area contributed by atoms with Crippen LogP contribution < -0.4 is 5.32 Å². The monoisotopic (exact) mass is 265 g/mol. The van der Waals surface area contributed by atoms with Crippen LogP contribution in [0.2, 0.25) is 0 Å². The molecule has 1 heterocycles. The van der Waals surface area contributed by atoms with E-state index in [-0.39, 0.29) is 6.04 Å². The molecule has 0 aliphatic rings. The number of halogens is 2. The van der Waals surface area contributed by atoms with Crippen LogP contribution in [0.1, 0.15) is 29.8 Å². The highest BCUT2D eigenvalue weighted by Crippen LogP contribution is 2.19. The highest BCUT2D eigenvalue weighted by atomic mass is 19.2. The zero-order valence-corrected chi connectivity index (χ0v) is 11.2. The minimum absolute atomic E-state index is 0.268. The smallest absolute Gasteiger partial charge is 0.163 e. The SMILES string of the molecule is Cc1nn(C)cc1CNC(C)c1cccc(F)c1F. The third-order valence-electron chi connectivity index (χ3n) is 3.16. The second-order valence-electron chi connectivity index (χ2n) is 4.66. The lowest BCUT2D eigenvalue weighted by molar-refractivity contribution is 0.472. The number of nitrogens with zero attached hydrogens (tertiary/aromatic N) is 2. The van der Waals surface area contributed by atoms with Crippen LogP contribution in [0.15, 0.2) is 24.4 Å². The third-order valence-corrected chi connectivity index (χ3v) is 3.16. The fourth-order valence-corrected chi connectivity index (χ4v) is 2.05. The number of aryl methyl sites for hydroxylation is 2. The van der Waals surface area contributed by atoms with Crippen LogP contribution in [0.5, 0.6) is 0 Å². The van der Waals surface area contributed by atoms with Crippen molar-refractivity contribution in [2.45, 2.75) is 26.4 Å². The first-order valence-corrected chi connectivity index (χ1v) is 6.15. The summed E-state index contributed by atoms with van der Waals surface area (Å²) in [7, 11) is 1.85. The van der Waals surface area contributed by atoms with E-state index < -0.39 is 11.6 Å². The Morgan fingerprint density at radius 1 is 1.37 bits per heavy atom. The lowest BCUT2D eigenvalue weighted by Crippen LogP contribution is -2.19. The molecule has 0 radical (unpaired) electrons. The van der Waals surface area contributed by atoms with Gasteiger partial charge in [-0.2, -0.15) is 5.10 Å². The molecular weight excluding hydrogens is 248 g/mol. The van der Waals surface area contributed by atoms with E-state index in [1.54, 1.807) is 10.7 Å². The summed E-state index contributed by atoms with van der Waals surface area (Å²) >= 11 is 0. The maximum atomic E-state index is 13.6. The van der Waals surface area contributed by atoms with Crippen LogP contribution in [0.25, 0.3) is 0 Å². The van der Waals surface area contributed by atoms with Crippen LogP contribution in [0.3, 0.4) is 0 Å². The Hall–Kier alpha value is -1.75. The van der Waals surface area contributed by atoms with E-state index in [1.165, 1.54) is 6.07 Å². The van der Waals surface area contributed by atoms with Crippen LogP contribution in [0, 0.1) is 18.6 Å². The Kier molecular flexibility index (Phi) is 3.95. The largest absolute Gasteiger partial charge is 0.306 e. The highest BCUT2D eigenvalue weighted by Gasteiger charge is 2.14. The van der Waals surface area contributed by atoms with Crippen molar-refractivity contribution in [1.82, 2.24) is 15.1 Å². The van der Waals surface area contributed by atoms with Gasteiger partial charge in [-0.25, -0.2) is 8.78 Å². The lowest BCUT2D eigenvalue weighted by atomic mass is 10.1. The van der Waals surface area contributed by atoms with Crippen LogP contribution in [-0.2, 0) is 13.6 Å². The quantitative estimate of drug-likeness (QED) is 0.921. The topological polar surface area (TPSA) is 29.9 Å². The minimum atomic E-state index is -0.816. The molecule has 1 aromatic carbocycles. The summed E-state index contributed by atoms with van der Waals surface area (Å²) in [4.78, 5) is 0. The second kappa shape index (κ2) is 5.48. The maximum Gasteiger partial charge on any atom is 0.163 e. The molecule has 0 fully saturated rings. The molecule has 0 aliphatic carbocycles. The summed E-state index contributed by atoms with van der Waals surface area (Å²) in [6, 6.07) is 3.96. The average Bonchev–Trinajstić information content (AvgIpc) is 2.68. The summed E-state index contributed by atoms with van der Waals surface area (Å²) in [5.41, 5.74) is 2.31. The summed E-state index contributed by atoms with van der Waals surface area (Å²) < 4.78 is 28.5. The Morgan fingerprint density at radius 3 is 2.74 bits per heavy atom. The van der Waals surface area contributed by atoms with Crippen molar-refractivity contribution >= 4 is 0 Å². The van der Waals surface area contributed by atoms with Crippen molar-refractivity contribution in [3.05, 3.63) is 52.9 Å². The fraction of sp³-hybridized carbons (Fsp3) is 0.357. The van der Waals surface area contributed by atoms with Gasteiger partial charge in [-0.05, 0) is 19.9 Å². The Bertz CT molecular complexity index is 578. The molecule has 3 nitrogen and oxygen atoms in total. The molecule has 0 amide bonds. The molecule has 0 saturated heterocycles. The van der Waals surface area contributed by atoms with Crippen molar-refractivity contribution in [3.8, 4) is 0 Å². The van der Waals surface area contributed by atoms with Crippen molar-refractivity contribution in [2.24, 2.45) is 7.05 Å². The van der Waals surface area contributed by atoms with Gasteiger partial charge < -0.3 is 5.32 Å². The number of hydrogen-bond acceptors (Lipinski definition) is 2. The molecule has 0 aliphatic heterocycles. The molecule has 0 saturated carbocycles. The van der Waals surface area contributed by atoms with E-state index in [0.29, 0.717) is 12.1 Å². The van der Waals surface area contributed by atoms with Crippen molar-refractivity contribution in [2.75, 3.05) is 0 Å². The molecule has 2 rings (SSSR count). The van der Waals surface area contributed by atoms with Crippen molar-refractivity contribution in [1.29, 1.82) is 0 Å². The summed E-state index contributed by atoms with van der Waals surface area (Å²) in [5.74, 6) is -1.60. The Morgan fingerprint density at radius 2 is 2.11 bits per heavy atom. The zero-order valence-electron chi connectivity index (χ0n) is 11.2. The number of hydrogen-bond donors (Lipinski definition) is 1. The first-order valence-electron chi connectivity index (χ1n) is 6.15. The zero-order chi connectivity index (χ0) is 14.0. The first kappa shape index (κ1) is 13.7. The van der Waals surface area contributed by atoms with Crippen LogP contribution >= 0.6 is 0 Å². The average molecular weight is 265 g/mol. The highest BCUT2D eigenvalue weighted by molar-refractivity contribution is 5.22. The minimum Gasteiger partial charge on any atom is -0.306 e. The van der Waals surface area contributed by atoms with Crippen LogP contribution in [-0.4, -0.2) is 9.78 Å². The van der Waals surface area contributed by atoms with Gasteiger partial charge in [-0.1, -0.05) is 12.1 Å². The molecule has 0 spiro atoms. The van der Waals surface area contributed by atoms with Gasteiger partial charge in [0.2, 0.25) is 0 Å². The molecule has 2 aromatic rings. The van der Waals surface area contributed by atoms with Crippen molar-refractivity contribution in [3.63, 3.8) is 0 Å². The fourth-order valence-electron chi connectivity index (χ4n) is 2.05. The van der Waals surface area contributed by atoms with Gasteiger partial charge in [0, 0.05) is 37.0 Å². The van der Waals surface area contributed by atoms with Gasteiger partial charge in [0.25, 0.3) is 0 Å².